The van der Waals surface area contributed by atoms with Gasteiger partial charge in [-0.05, 0) is 42.4 Å². The number of allylic oxidation sites excluding steroid dienone is 2. The van der Waals surface area contributed by atoms with Gasteiger partial charge in [0.1, 0.15) is 6.61 Å². The van der Waals surface area contributed by atoms with Crippen molar-refractivity contribution < 1.29 is 24.2 Å². The topological polar surface area (TPSA) is 105 Å². The molecular weight excluding hydrogens is 596 g/mol. The molecule has 46 heavy (non-hydrogen) atoms. The summed E-state index contributed by atoms with van der Waals surface area (Å²) in [5.41, 5.74) is 3.18. The maximum absolute atomic E-state index is 13.5. The number of amides is 2. The van der Waals surface area contributed by atoms with Crippen LogP contribution in [0.15, 0.2) is 116 Å². The van der Waals surface area contributed by atoms with E-state index in [-0.39, 0.29) is 43.3 Å². The van der Waals surface area contributed by atoms with Crippen molar-refractivity contribution in [3.05, 3.63) is 133 Å². The molecule has 0 saturated carbocycles. The van der Waals surface area contributed by atoms with Gasteiger partial charge in [0.05, 0.1) is 30.5 Å². The molecule has 4 atom stereocenters. The molecule has 3 aromatic carbocycles. The number of benzene rings is 3. The number of esters is 1. The lowest BCUT2D eigenvalue weighted by atomic mass is 9.96. The lowest BCUT2D eigenvalue weighted by Crippen LogP contribution is -2.46. The Morgan fingerprint density at radius 2 is 1.28 bits per heavy atom. The predicted octanol–water partition coefficient (Wildman–Crippen LogP) is 5.69. The maximum atomic E-state index is 13.5. The smallest absolute Gasteiger partial charge is 0.309 e. The van der Waals surface area contributed by atoms with Gasteiger partial charge in [0.25, 0.3) is 0 Å². The molecule has 0 heterocycles. The molecular formula is C38H46N2O5S. The highest BCUT2D eigenvalue weighted by molar-refractivity contribution is 7.98. The summed E-state index contributed by atoms with van der Waals surface area (Å²) in [6.45, 7) is 7.38. The quantitative estimate of drug-likeness (QED) is 0.102. The minimum Gasteiger partial charge on any atom is -0.463 e. The summed E-state index contributed by atoms with van der Waals surface area (Å²) in [6.07, 6.45) is 5.05. The number of hydrogen-bond acceptors (Lipinski definition) is 6. The van der Waals surface area contributed by atoms with Crippen molar-refractivity contribution >= 4 is 29.5 Å². The summed E-state index contributed by atoms with van der Waals surface area (Å²) in [5, 5.41) is 15.8. The molecule has 244 valence electrons. The minimum atomic E-state index is -0.669. The Hall–Kier alpha value is -4.14. The van der Waals surface area contributed by atoms with E-state index in [1.807, 2.05) is 91.0 Å². The van der Waals surface area contributed by atoms with Crippen LogP contribution in [0.5, 0.6) is 0 Å². The molecule has 3 rings (SSSR count). The average Bonchev–Trinajstić information content (AvgIpc) is 3.07. The largest absolute Gasteiger partial charge is 0.463 e. The number of carbonyl (C=O) groups is 3. The second kappa shape index (κ2) is 20.8. The van der Waals surface area contributed by atoms with Gasteiger partial charge in [0.2, 0.25) is 11.8 Å². The second-order valence-electron chi connectivity index (χ2n) is 11.3. The Kier molecular flexibility index (Phi) is 16.4. The van der Waals surface area contributed by atoms with Crippen LogP contribution in [-0.4, -0.2) is 53.9 Å². The Balaban J connectivity index is 1.63. The van der Waals surface area contributed by atoms with E-state index in [0.29, 0.717) is 31.4 Å². The SMILES string of the molecule is C=CC[C@H](CC(=O)N[C@@H](CO)Cc1ccccc1)C(=O)N[C@H](COC(=O)[C@@H](CC=C)Cc1ccccc1)CSCc1ccccc1. The van der Waals surface area contributed by atoms with E-state index in [9.17, 15) is 19.5 Å². The van der Waals surface area contributed by atoms with Crippen LogP contribution in [-0.2, 0) is 37.7 Å². The average molecular weight is 643 g/mol. The van der Waals surface area contributed by atoms with Crippen LogP contribution in [0.2, 0.25) is 0 Å². The standard InChI is InChI=1S/C38H46N2O5S/c1-3-14-32(24-36(42)39-34(25-41)23-30-18-10-6-11-19-30)37(43)40-35(28-46-27-31-20-12-7-13-21-31)26-45-38(44)33(15-4-2)22-29-16-8-5-9-17-29/h3-13,16-21,32-35,41H,1-2,14-15,22-28H2,(H,39,42)(H,40,43)/t32-,33+,34-,35-/m1/s1. The fraction of sp³-hybridized carbons (Fsp3) is 0.342. The Bertz CT molecular complexity index is 1350. The van der Waals surface area contributed by atoms with E-state index in [0.717, 1.165) is 22.4 Å². The summed E-state index contributed by atoms with van der Waals surface area (Å²) < 4.78 is 5.80. The van der Waals surface area contributed by atoms with Gasteiger partial charge in [-0.1, -0.05) is 103 Å². The summed E-state index contributed by atoms with van der Waals surface area (Å²) in [7, 11) is 0. The van der Waals surface area contributed by atoms with E-state index in [4.69, 9.17) is 4.74 Å². The Labute approximate surface area is 277 Å². The highest BCUT2D eigenvalue weighted by atomic mass is 32.2. The summed E-state index contributed by atoms with van der Waals surface area (Å²) in [4.78, 5) is 39.7. The minimum absolute atomic E-state index is 0.00542. The van der Waals surface area contributed by atoms with Gasteiger partial charge < -0.3 is 20.5 Å². The van der Waals surface area contributed by atoms with Crippen LogP contribution in [0.3, 0.4) is 0 Å². The van der Waals surface area contributed by atoms with Gasteiger partial charge in [-0.15, -0.1) is 13.2 Å². The zero-order chi connectivity index (χ0) is 33.0. The maximum Gasteiger partial charge on any atom is 0.309 e. The molecule has 8 heteroatoms. The van der Waals surface area contributed by atoms with Gasteiger partial charge in [-0.3, -0.25) is 14.4 Å². The van der Waals surface area contributed by atoms with Gasteiger partial charge in [0, 0.05) is 17.9 Å². The highest BCUT2D eigenvalue weighted by Gasteiger charge is 2.26. The van der Waals surface area contributed by atoms with E-state index in [1.54, 1.807) is 23.9 Å². The van der Waals surface area contributed by atoms with E-state index >= 15 is 0 Å². The van der Waals surface area contributed by atoms with Crippen LogP contribution in [0.1, 0.15) is 36.0 Å². The fourth-order valence-corrected chi connectivity index (χ4v) is 6.07. The van der Waals surface area contributed by atoms with Crippen LogP contribution in [0.4, 0.5) is 0 Å². The molecule has 0 spiro atoms. The molecule has 0 aromatic heterocycles. The number of rotatable bonds is 21. The molecule has 2 amide bonds. The van der Waals surface area contributed by atoms with Crippen molar-refractivity contribution in [3.63, 3.8) is 0 Å². The van der Waals surface area contributed by atoms with Gasteiger partial charge in [-0.2, -0.15) is 11.8 Å². The number of ether oxygens (including phenoxy) is 1. The first-order valence-electron chi connectivity index (χ1n) is 15.7. The zero-order valence-corrected chi connectivity index (χ0v) is 27.2. The molecule has 0 aliphatic heterocycles. The van der Waals surface area contributed by atoms with Crippen molar-refractivity contribution in [2.75, 3.05) is 19.0 Å². The predicted molar refractivity (Wildman–Crippen MR) is 186 cm³/mol. The molecule has 3 N–H and O–H groups in total. The van der Waals surface area contributed by atoms with Crippen molar-refractivity contribution in [3.8, 4) is 0 Å². The first-order chi connectivity index (χ1) is 22.4. The second-order valence-corrected chi connectivity index (χ2v) is 12.3. The number of aliphatic hydroxyl groups excluding tert-OH is 1. The third-order valence-corrected chi connectivity index (χ3v) is 8.65. The lowest BCUT2D eigenvalue weighted by Gasteiger charge is -2.24. The van der Waals surface area contributed by atoms with Crippen molar-refractivity contribution in [1.29, 1.82) is 0 Å². The van der Waals surface area contributed by atoms with Crippen molar-refractivity contribution in [1.82, 2.24) is 10.6 Å². The lowest BCUT2D eigenvalue weighted by molar-refractivity contribution is -0.149. The van der Waals surface area contributed by atoms with Crippen molar-refractivity contribution in [2.24, 2.45) is 11.8 Å². The highest BCUT2D eigenvalue weighted by Crippen LogP contribution is 2.18. The first-order valence-corrected chi connectivity index (χ1v) is 16.9. The number of aliphatic hydroxyl groups is 1. The summed E-state index contributed by atoms with van der Waals surface area (Å²) in [5.74, 6) is -0.796. The molecule has 0 radical (unpaired) electrons. The van der Waals surface area contributed by atoms with Crippen LogP contribution in [0.25, 0.3) is 0 Å². The molecule has 7 nitrogen and oxygen atoms in total. The van der Waals surface area contributed by atoms with Crippen LogP contribution >= 0.6 is 11.8 Å². The number of thioether (sulfide) groups is 1. The van der Waals surface area contributed by atoms with Crippen molar-refractivity contribution in [2.45, 2.75) is 49.9 Å². The van der Waals surface area contributed by atoms with Gasteiger partial charge in [-0.25, -0.2) is 0 Å². The Morgan fingerprint density at radius 1 is 0.739 bits per heavy atom. The normalized spacial score (nSPS) is 13.4. The summed E-state index contributed by atoms with van der Waals surface area (Å²) in [6, 6.07) is 28.4. The third kappa shape index (κ3) is 13.5. The Morgan fingerprint density at radius 3 is 1.85 bits per heavy atom. The zero-order valence-electron chi connectivity index (χ0n) is 26.4. The summed E-state index contributed by atoms with van der Waals surface area (Å²) >= 11 is 1.63. The number of carbonyl (C=O) groups excluding carboxylic acids is 3. The molecule has 0 saturated heterocycles. The molecule has 0 aliphatic carbocycles. The molecule has 0 fully saturated rings. The third-order valence-electron chi connectivity index (χ3n) is 7.48. The molecule has 3 aromatic rings. The van der Waals surface area contributed by atoms with E-state index < -0.39 is 18.0 Å². The van der Waals surface area contributed by atoms with Crippen LogP contribution in [0, 0.1) is 11.8 Å². The van der Waals surface area contributed by atoms with Crippen LogP contribution < -0.4 is 10.6 Å². The fourth-order valence-electron chi connectivity index (χ4n) is 5.06. The number of nitrogens with one attached hydrogen (secondary N) is 2. The van der Waals surface area contributed by atoms with E-state index in [2.05, 4.69) is 23.8 Å². The molecule has 0 bridgehead atoms. The molecule has 0 unspecified atom stereocenters. The van der Waals surface area contributed by atoms with Gasteiger partial charge in [0.15, 0.2) is 0 Å². The monoisotopic (exact) mass is 642 g/mol. The van der Waals surface area contributed by atoms with Gasteiger partial charge >= 0.3 is 5.97 Å². The van der Waals surface area contributed by atoms with E-state index in [1.165, 1.54) is 0 Å². The first kappa shape index (κ1) is 36.3. The molecule has 0 aliphatic rings. The number of hydrogen-bond donors (Lipinski definition) is 3.